The summed E-state index contributed by atoms with van der Waals surface area (Å²) in [6.07, 6.45) is 9.11. The smallest absolute Gasteiger partial charge is 0.273 e. The first-order valence-electron chi connectivity index (χ1n) is 10.9. The minimum absolute atomic E-state index is 0.00352. The van der Waals surface area contributed by atoms with Crippen molar-refractivity contribution in [3.63, 3.8) is 0 Å². The molecular weight excluding hydrogens is 386 g/mol. The molecule has 2 aromatic rings. The molecule has 5 aliphatic carbocycles. The molecule has 1 N–H and O–H groups in total. The van der Waals surface area contributed by atoms with Gasteiger partial charge in [-0.25, -0.2) is 9.66 Å². The molecule has 0 spiro atoms. The van der Waals surface area contributed by atoms with Gasteiger partial charge in [-0.1, -0.05) is 12.1 Å². The molecule has 5 saturated carbocycles. The van der Waals surface area contributed by atoms with Gasteiger partial charge in [0.25, 0.3) is 5.56 Å². The number of para-hydroxylation sites is 1. The normalized spacial score (nSPS) is 35.2. The molecule has 4 bridgehead atoms. The Morgan fingerprint density at radius 3 is 2.59 bits per heavy atom. The van der Waals surface area contributed by atoms with Crippen molar-refractivity contribution in [1.29, 1.82) is 0 Å². The van der Waals surface area contributed by atoms with Crippen LogP contribution in [0.25, 0.3) is 10.9 Å². The summed E-state index contributed by atoms with van der Waals surface area (Å²) in [5.41, 5.74) is 3.47. The van der Waals surface area contributed by atoms with Crippen molar-refractivity contribution in [2.24, 2.45) is 17.3 Å². The van der Waals surface area contributed by atoms with Gasteiger partial charge in [0.15, 0.2) is 0 Å². The van der Waals surface area contributed by atoms with E-state index in [4.69, 9.17) is 16.6 Å². The lowest BCUT2D eigenvalue weighted by Gasteiger charge is -2.60. The summed E-state index contributed by atoms with van der Waals surface area (Å²) in [5.74, 6) is 2.20. The number of carbonyl (C=O) groups is 1. The van der Waals surface area contributed by atoms with Crippen LogP contribution in [-0.2, 0) is 4.79 Å². The van der Waals surface area contributed by atoms with E-state index in [2.05, 4.69) is 5.43 Å². The van der Waals surface area contributed by atoms with Gasteiger partial charge in [0, 0.05) is 17.2 Å². The number of rotatable bonds is 4. The van der Waals surface area contributed by atoms with Gasteiger partial charge in [0.1, 0.15) is 5.82 Å². The molecule has 1 aromatic carbocycles. The van der Waals surface area contributed by atoms with Gasteiger partial charge in [-0.05, 0) is 80.8 Å². The van der Waals surface area contributed by atoms with Gasteiger partial charge >= 0.3 is 0 Å². The fourth-order valence-electron chi connectivity index (χ4n) is 6.92. The Morgan fingerprint density at radius 2 is 1.90 bits per heavy atom. The predicted octanol–water partition coefficient (Wildman–Crippen LogP) is 4.31. The Kier molecular flexibility index (Phi) is 3.75. The molecule has 1 amide bonds. The summed E-state index contributed by atoms with van der Waals surface area (Å²) in [4.78, 5) is 30.9. The van der Waals surface area contributed by atoms with E-state index in [0.717, 1.165) is 44.9 Å². The van der Waals surface area contributed by atoms with E-state index < -0.39 is 0 Å². The van der Waals surface area contributed by atoms with Gasteiger partial charge in [-0.2, -0.15) is 0 Å². The topological polar surface area (TPSA) is 64.0 Å². The third-order valence-corrected chi connectivity index (χ3v) is 8.07. The lowest BCUT2D eigenvalue weighted by Crippen LogP contribution is -2.54. The number of fused-ring (bicyclic) bond motifs is 1. The molecule has 6 heteroatoms. The first-order chi connectivity index (χ1) is 13.9. The van der Waals surface area contributed by atoms with Crippen LogP contribution in [0.15, 0.2) is 29.1 Å². The molecule has 152 valence electrons. The summed E-state index contributed by atoms with van der Waals surface area (Å²) in [7, 11) is 0. The SMILES string of the molecule is O=C(CC12CC3CC(CC(Cl)(C3)C1)C2)Nn1c(C2CC2)nc2ccccc2c1=O. The number of benzene rings is 1. The van der Waals surface area contributed by atoms with Crippen LogP contribution in [0.3, 0.4) is 0 Å². The monoisotopic (exact) mass is 411 g/mol. The predicted molar refractivity (Wildman–Crippen MR) is 113 cm³/mol. The number of carbonyl (C=O) groups excluding carboxylic acids is 1. The van der Waals surface area contributed by atoms with E-state index in [0.29, 0.717) is 35.0 Å². The lowest BCUT2D eigenvalue weighted by molar-refractivity contribution is -0.124. The second kappa shape index (κ2) is 6.07. The fraction of sp³-hybridized carbons (Fsp3) is 0.609. The average molecular weight is 412 g/mol. The van der Waals surface area contributed by atoms with E-state index >= 15 is 0 Å². The summed E-state index contributed by atoms with van der Waals surface area (Å²) < 4.78 is 1.43. The van der Waals surface area contributed by atoms with Crippen molar-refractivity contribution < 1.29 is 4.79 Å². The van der Waals surface area contributed by atoms with Crippen LogP contribution in [0.2, 0.25) is 0 Å². The highest BCUT2D eigenvalue weighted by atomic mass is 35.5. The number of hydrogen-bond donors (Lipinski definition) is 1. The van der Waals surface area contributed by atoms with Gasteiger partial charge in [0.05, 0.1) is 10.9 Å². The van der Waals surface area contributed by atoms with Crippen molar-refractivity contribution >= 4 is 28.4 Å². The quantitative estimate of drug-likeness (QED) is 0.762. The maximum absolute atomic E-state index is 13.1. The van der Waals surface area contributed by atoms with Crippen LogP contribution in [0.1, 0.15) is 69.5 Å². The van der Waals surface area contributed by atoms with E-state index in [9.17, 15) is 9.59 Å². The molecule has 29 heavy (non-hydrogen) atoms. The molecule has 7 rings (SSSR count). The van der Waals surface area contributed by atoms with Crippen molar-refractivity contribution in [2.45, 2.75) is 68.6 Å². The maximum atomic E-state index is 13.1. The number of amides is 1. The van der Waals surface area contributed by atoms with Gasteiger partial charge in [0.2, 0.25) is 5.91 Å². The van der Waals surface area contributed by atoms with Gasteiger partial charge in [-0.3, -0.25) is 15.0 Å². The molecule has 2 atom stereocenters. The van der Waals surface area contributed by atoms with Crippen molar-refractivity contribution in [3.05, 3.63) is 40.4 Å². The number of alkyl halides is 1. The van der Waals surface area contributed by atoms with Crippen LogP contribution >= 0.6 is 11.6 Å². The molecule has 5 nitrogen and oxygen atoms in total. The Labute approximate surface area is 174 Å². The Balaban J connectivity index is 1.30. The highest BCUT2D eigenvalue weighted by molar-refractivity contribution is 6.24. The molecule has 2 unspecified atom stereocenters. The molecule has 1 aromatic heterocycles. The van der Waals surface area contributed by atoms with E-state index in [1.165, 1.54) is 11.1 Å². The van der Waals surface area contributed by atoms with E-state index in [-0.39, 0.29) is 27.7 Å². The molecule has 5 aliphatic rings. The minimum Gasteiger partial charge on any atom is -0.273 e. The molecule has 5 fully saturated rings. The Morgan fingerprint density at radius 1 is 1.17 bits per heavy atom. The summed E-state index contributed by atoms with van der Waals surface area (Å²) in [6.45, 7) is 0. The van der Waals surface area contributed by atoms with E-state index in [1.807, 2.05) is 18.2 Å². The van der Waals surface area contributed by atoms with E-state index in [1.54, 1.807) is 6.07 Å². The van der Waals surface area contributed by atoms with Gasteiger partial charge < -0.3 is 0 Å². The second-order valence-electron chi connectivity index (χ2n) is 10.2. The van der Waals surface area contributed by atoms with Crippen LogP contribution < -0.4 is 11.0 Å². The number of nitrogens with one attached hydrogen (secondary N) is 1. The number of nitrogens with zero attached hydrogens (tertiary/aromatic N) is 2. The van der Waals surface area contributed by atoms with Crippen LogP contribution in [-0.4, -0.2) is 20.4 Å². The number of hydrogen-bond acceptors (Lipinski definition) is 3. The summed E-state index contributed by atoms with van der Waals surface area (Å²) in [5, 5.41) is 0.548. The zero-order valence-corrected chi connectivity index (χ0v) is 17.3. The highest BCUT2D eigenvalue weighted by Crippen LogP contribution is 2.64. The highest BCUT2D eigenvalue weighted by Gasteiger charge is 2.57. The molecule has 0 aliphatic heterocycles. The lowest BCUT2D eigenvalue weighted by atomic mass is 9.48. The van der Waals surface area contributed by atoms with Crippen LogP contribution in [0, 0.1) is 17.3 Å². The fourth-order valence-corrected chi connectivity index (χ4v) is 7.64. The number of halogens is 1. The van der Waals surface area contributed by atoms with Crippen molar-refractivity contribution in [1.82, 2.24) is 9.66 Å². The van der Waals surface area contributed by atoms with Crippen molar-refractivity contribution in [2.75, 3.05) is 5.43 Å². The Bertz CT molecular complexity index is 1060. The zero-order chi connectivity index (χ0) is 19.8. The third kappa shape index (κ3) is 3.00. The Hall–Kier alpha value is -1.88. The average Bonchev–Trinajstić information content (AvgIpc) is 3.46. The van der Waals surface area contributed by atoms with Crippen LogP contribution in [0.4, 0.5) is 0 Å². The second-order valence-corrected chi connectivity index (χ2v) is 11.0. The largest absolute Gasteiger partial charge is 0.280 e. The van der Waals surface area contributed by atoms with Crippen molar-refractivity contribution in [3.8, 4) is 0 Å². The first kappa shape index (κ1) is 17.9. The third-order valence-electron chi connectivity index (χ3n) is 7.63. The molecule has 1 heterocycles. The first-order valence-corrected chi connectivity index (χ1v) is 11.3. The summed E-state index contributed by atoms with van der Waals surface area (Å²) in [6, 6.07) is 7.37. The number of aromatic nitrogens is 2. The molecular formula is C23H26ClN3O2. The minimum atomic E-state index is -0.176. The zero-order valence-electron chi connectivity index (χ0n) is 16.5. The van der Waals surface area contributed by atoms with Crippen LogP contribution in [0.5, 0.6) is 0 Å². The summed E-state index contributed by atoms with van der Waals surface area (Å²) >= 11 is 6.93. The molecule has 0 saturated heterocycles. The maximum Gasteiger partial charge on any atom is 0.280 e. The standard InChI is InChI=1S/C23H26ClN3O2/c24-23-10-14-7-15(11-23)9-22(8-14,13-23)12-19(28)26-27-20(16-5-6-16)25-18-4-2-1-3-17(18)21(27)29/h1-4,14-16H,5-13H2,(H,26,28). The van der Waals surface area contributed by atoms with Gasteiger partial charge in [-0.15, -0.1) is 11.6 Å². The molecule has 0 radical (unpaired) electrons.